The molecule has 6 bridgehead atoms. The molecule has 3 aromatic rings. The number of Topliss-reactive ketones (excluding diaryl/α,β-unsaturated/α-hetero) is 2. The van der Waals surface area contributed by atoms with Crippen molar-refractivity contribution in [1.82, 2.24) is 30.9 Å². The van der Waals surface area contributed by atoms with Gasteiger partial charge in [-0.15, -0.1) is 0 Å². The van der Waals surface area contributed by atoms with Crippen molar-refractivity contribution in [2.75, 3.05) is 33.6 Å². The second kappa shape index (κ2) is 35.6. The van der Waals surface area contributed by atoms with Gasteiger partial charge in [-0.25, -0.2) is 19.7 Å². The number of esters is 2. The summed E-state index contributed by atoms with van der Waals surface area (Å²) in [6.07, 6.45) is 4.78. The number of carbonyl (C=O) groups excluding carboxylic acids is 7. The fourth-order valence-corrected chi connectivity index (χ4v) is 12.2. The molecular formula is C56H79N7O20S2. The number of aliphatic hydroxyl groups excluding tert-OH is 1. The maximum atomic E-state index is 14.3. The van der Waals surface area contributed by atoms with Crippen molar-refractivity contribution >= 4 is 81.3 Å². The van der Waals surface area contributed by atoms with Crippen LogP contribution in [0.5, 0.6) is 0 Å². The Balaban J connectivity index is 1.63. The number of fused-ring (bicyclic) bond motifs is 8. The van der Waals surface area contributed by atoms with Crippen LogP contribution in [0.1, 0.15) is 117 Å². The number of hydrogen-bond acceptors (Lipinski definition) is 24. The molecule has 0 aliphatic carbocycles. The molecule has 1 aliphatic heterocycles. The van der Waals surface area contributed by atoms with E-state index in [0.717, 1.165) is 21.6 Å². The van der Waals surface area contributed by atoms with E-state index in [1.165, 1.54) is 53.2 Å². The molecule has 85 heavy (non-hydrogen) atoms. The molecule has 8 N–H and O–H groups in total. The lowest BCUT2D eigenvalue weighted by Gasteiger charge is -2.34. The van der Waals surface area contributed by atoms with Crippen molar-refractivity contribution in [3.05, 3.63) is 48.7 Å². The number of rotatable bonds is 28. The SMILES string of the molecule is COC(CC1OC(=O)CC(O)CC(SSC[C@H](NC(=O)CNC(=O)[C@@H](N)CCC(=O)O)C(=O)O)CC(=O)C(C)C(OC)c2coc(n2)-c2coc(n2)-c2coc(n2)/C=C/CC(OC)C1C)C(C)CCC(=O)C(C)C(OC(C)=O)C(C)/C=C/NC=O. The van der Waals surface area contributed by atoms with Gasteiger partial charge in [-0.3, -0.25) is 38.4 Å². The molecular weight excluding hydrogens is 1150 g/mol. The maximum Gasteiger partial charge on any atom is 0.327 e. The molecule has 3 aromatic heterocycles. The lowest BCUT2D eigenvalue weighted by Crippen LogP contribution is -2.49. The van der Waals surface area contributed by atoms with Crippen LogP contribution in [0.25, 0.3) is 29.2 Å². The van der Waals surface area contributed by atoms with Crippen LogP contribution in [0.15, 0.2) is 50.4 Å². The van der Waals surface area contributed by atoms with Gasteiger partial charge in [-0.05, 0) is 43.9 Å². The number of hydrogen-bond donors (Lipinski definition) is 7. The highest BCUT2D eigenvalue weighted by Gasteiger charge is 2.37. The number of carboxylic acid groups (broad SMARTS) is 2. The average molecular weight is 1230 g/mol. The van der Waals surface area contributed by atoms with Gasteiger partial charge >= 0.3 is 23.9 Å². The minimum Gasteiger partial charge on any atom is -0.481 e. The van der Waals surface area contributed by atoms with Crippen molar-refractivity contribution in [3.8, 4) is 23.2 Å². The molecule has 0 radical (unpaired) electrons. The van der Waals surface area contributed by atoms with Gasteiger partial charge in [0, 0.05) is 82.7 Å². The molecule has 1 aliphatic rings. The van der Waals surface area contributed by atoms with E-state index in [9.17, 15) is 53.4 Å². The fourth-order valence-electron chi connectivity index (χ4n) is 9.34. The summed E-state index contributed by atoms with van der Waals surface area (Å²) in [4.78, 5) is 127. The number of nitrogens with one attached hydrogen (secondary N) is 3. The number of aliphatic hydroxyl groups is 1. The Hall–Kier alpha value is -6.76. The van der Waals surface area contributed by atoms with E-state index in [2.05, 4.69) is 30.9 Å². The van der Waals surface area contributed by atoms with Crippen molar-refractivity contribution in [2.24, 2.45) is 35.3 Å². The summed E-state index contributed by atoms with van der Waals surface area (Å²) in [6.45, 7) is 9.34. The van der Waals surface area contributed by atoms with Crippen LogP contribution >= 0.6 is 21.6 Å². The number of oxazole rings is 3. The molecule has 3 amide bonds. The number of cyclic esters (lactones) is 1. The smallest absolute Gasteiger partial charge is 0.327 e. The number of nitrogens with zero attached hydrogens (tertiary/aromatic N) is 3. The van der Waals surface area contributed by atoms with Crippen LogP contribution in [-0.4, -0.2) is 165 Å². The summed E-state index contributed by atoms with van der Waals surface area (Å²) in [5.74, 6) is -9.05. The molecule has 0 saturated carbocycles. The number of ether oxygens (including phenoxy) is 5. The van der Waals surface area contributed by atoms with Crippen LogP contribution in [0.2, 0.25) is 0 Å². The third kappa shape index (κ3) is 22.9. The quantitative estimate of drug-likeness (QED) is 0.0289. The molecule has 27 nitrogen and oxygen atoms in total. The zero-order chi connectivity index (χ0) is 62.9. The Morgan fingerprint density at radius 3 is 2.27 bits per heavy atom. The number of carbonyl (C=O) groups is 9. The molecule has 470 valence electrons. The van der Waals surface area contributed by atoms with Crippen LogP contribution in [-0.2, 0) is 66.8 Å². The lowest BCUT2D eigenvalue weighted by molar-refractivity contribution is -0.160. The van der Waals surface area contributed by atoms with Gasteiger partial charge in [0.25, 0.3) is 0 Å². The fraction of sp³-hybridized carbons (Fsp3) is 0.607. The van der Waals surface area contributed by atoms with Crippen molar-refractivity contribution in [2.45, 2.75) is 153 Å². The Morgan fingerprint density at radius 1 is 0.918 bits per heavy atom. The molecule has 29 heteroatoms. The summed E-state index contributed by atoms with van der Waals surface area (Å²) < 4.78 is 46.7. The number of carboxylic acids is 2. The number of aromatic nitrogens is 3. The van der Waals surface area contributed by atoms with Gasteiger partial charge in [-0.2, -0.15) is 0 Å². The predicted molar refractivity (Wildman–Crippen MR) is 307 cm³/mol. The number of methoxy groups -OCH3 is 3. The van der Waals surface area contributed by atoms with Crippen LogP contribution in [0.3, 0.4) is 0 Å². The van der Waals surface area contributed by atoms with E-state index in [1.807, 2.05) is 13.8 Å². The molecule has 0 saturated heterocycles. The minimum atomic E-state index is -1.51. The Morgan fingerprint density at radius 2 is 1.61 bits per heavy atom. The maximum absolute atomic E-state index is 14.3. The predicted octanol–water partition coefficient (Wildman–Crippen LogP) is 4.87. The van der Waals surface area contributed by atoms with E-state index in [4.69, 9.17) is 47.8 Å². The van der Waals surface area contributed by atoms with Gasteiger partial charge in [0.05, 0.1) is 43.2 Å². The average Bonchev–Trinajstić information content (AvgIpc) is 3.26. The molecule has 4 rings (SSSR count). The third-order valence-electron chi connectivity index (χ3n) is 14.4. The first-order valence-electron chi connectivity index (χ1n) is 27.5. The second-order valence-electron chi connectivity index (χ2n) is 20.8. The van der Waals surface area contributed by atoms with E-state index in [0.29, 0.717) is 12.8 Å². The molecule has 0 spiro atoms. The first kappa shape index (κ1) is 70.7. The van der Waals surface area contributed by atoms with Crippen LogP contribution < -0.4 is 21.7 Å². The Kier molecular flexibility index (Phi) is 29.7. The van der Waals surface area contributed by atoms with Crippen LogP contribution in [0, 0.1) is 29.6 Å². The zero-order valence-electron chi connectivity index (χ0n) is 49.0. The second-order valence-corrected chi connectivity index (χ2v) is 23.5. The highest BCUT2D eigenvalue weighted by molar-refractivity contribution is 8.77. The van der Waals surface area contributed by atoms with E-state index >= 15 is 0 Å². The number of ketones is 2. The summed E-state index contributed by atoms with van der Waals surface area (Å²) in [7, 11) is 6.38. The van der Waals surface area contributed by atoms with Gasteiger partial charge < -0.3 is 73.9 Å². The minimum absolute atomic E-state index is 0.0452. The summed E-state index contributed by atoms with van der Waals surface area (Å²) >= 11 is 0. The van der Waals surface area contributed by atoms with E-state index < -0.39 is 126 Å². The largest absolute Gasteiger partial charge is 0.481 e. The summed E-state index contributed by atoms with van der Waals surface area (Å²) in [6, 6.07) is -2.74. The van der Waals surface area contributed by atoms with E-state index in [1.54, 1.807) is 39.0 Å². The summed E-state index contributed by atoms with van der Waals surface area (Å²) in [5.41, 5.74) is 6.41. The standard InChI is InChI=1S/C56H79N7O20S2/c1-29(13-15-42(67)31(3)51(82-34(6)65)30(2)17-18-58-28-64)45(77-8)22-46-33(5)44(76-7)11-10-12-48-61-39(25-79-48)54-63-40(26-81-54)55-62-38(24-80-55)52(78-9)32(4)43(68)21-36(19-35(66)20-50(72)83-46)85-84-27-41(56(74)75)60-47(69)23-59-53(73)37(57)14-16-49(70)71/h10,12,17-18,24-26,28-33,35-37,41,44-46,51-52,66H,11,13-16,19-23,27,57H2,1-9H3,(H,58,64)(H,59,73)(H,60,69)(H,70,71)(H,74,75)/b12-10+,18-17+/t29?,30?,31?,32?,33?,35?,36?,37-,41-,44?,45?,46?,51?,52?/m0/s1. The topological polar surface area (TPSA) is 401 Å². The summed E-state index contributed by atoms with van der Waals surface area (Å²) in [5, 5.41) is 36.8. The normalized spacial score (nSPS) is 22.8. The van der Waals surface area contributed by atoms with Gasteiger partial charge in [0.2, 0.25) is 35.9 Å². The molecule has 14 atom stereocenters. The first-order chi connectivity index (χ1) is 40.4. The van der Waals surface area contributed by atoms with Gasteiger partial charge in [0.1, 0.15) is 60.4 Å². The van der Waals surface area contributed by atoms with E-state index in [-0.39, 0.29) is 103 Å². The zero-order valence-corrected chi connectivity index (χ0v) is 50.6. The van der Waals surface area contributed by atoms with Gasteiger partial charge in [0.15, 0.2) is 11.4 Å². The molecule has 0 aromatic carbocycles. The Bertz CT molecular complexity index is 2750. The number of nitrogens with two attached hydrogens (primary N) is 1. The monoisotopic (exact) mass is 1230 g/mol. The molecule has 0 fully saturated rings. The van der Waals surface area contributed by atoms with Crippen LogP contribution in [0.4, 0.5) is 0 Å². The highest BCUT2D eigenvalue weighted by Crippen LogP contribution is 2.37. The van der Waals surface area contributed by atoms with Gasteiger partial charge in [-0.1, -0.05) is 68.4 Å². The highest BCUT2D eigenvalue weighted by atomic mass is 33.1. The first-order valence-corrected chi connectivity index (χ1v) is 29.9. The lowest BCUT2D eigenvalue weighted by atomic mass is 9.84. The van der Waals surface area contributed by atoms with Crippen molar-refractivity contribution in [3.63, 3.8) is 0 Å². The Labute approximate surface area is 499 Å². The molecule has 12 unspecified atom stereocenters. The number of amides is 3. The number of aliphatic carboxylic acids is 2. The van der Waals surface area contributed by atoms with Crippen molar-refractivity contribution in [1.29, 1.82) is 0 Å². The third-order valence-corrected chi connectivity index (χ3v) is 17.3. The molecule has 4 heterocycles. The van der Waals surface area contributed by atoms with Crippen molar-refractivity contribution < 1.29 is 95.4 Å².